The molecule has 6 rings (SSSR count). The number of hydrogen-bond donors (Lipinski definition) is 2. The van der Waals surface area contributed by atoms with Crippen LogP contribution in [0.2, 0.25) is 0 Å². The van der Waals surface area contributed by atoms with Crippen molar-refractivity contribution in [2.45, 2.75) is 56.3 Å². The molecular formula is C37H40F2N2O7. The van der Waals surface area contributed by atoms with E-state index in [-0.39, 0.29) is 30.3 Å². The number of halogens is 2. The van der Waals surface area contributed by atoms with Crippen LogP contribution < -0.4 is 4.90 Å². The van der Waals surface area contributed by atoms with Gasteiger partial charge in [-0.15, -0.1) is 0 Å². The molecule has 3 saturated heterocycles. The molecule has 3 atom stereocenters. The predicted octanol–water partition coefficient (Wildman–Crippen LogP) is 5.22. The van der Waals surface area contributed by atoms with Gasteiger partial charge in [-0.05, 0) is 91.6 Å². The van der Waals surface area contributed by atoms with Crippen molar-refractivity contribution in [3.8, 4) is 0 Å². The van der Waals surface area contributed by atoms with Crippen LogP contribution in [0.4, 0.5) is 14.5 Å². The number of hydrogen-bond acceptors (Lipinski definition) is 6. The minimum atomic E-state index is -0.842. The molecule has 0 aromatic heterocycles. The van der Waals surface area contributed by atoms with E-state index in [1.165, 1.54) is 24.3 Å². The number of benzene rings is 3. The molecule has 3 unspecified atom stereocenters. The van der Waals surface area contributed by atoms with Crippen molar-refractivity contribution in [2.75, 3.05) is 37.8 Å². The zero-order valence-corrected chi connectivity index (χ0v) is 26.6. The molecule has 3 aliphatic rings. The van der Waals surface area contributed by atoms with E-state index in [1.54, 1.807) is 34.1 Å². The van der Waals surface area contributed by atoms with E-state index in [1.807, 2.05) is 24.3 Å². The molecule has 254 valence electrons. The lowest BCUT2D eigenvalue weighted by molar-refractivity contribution is -0.214. The summed E-state index contributed by atoms with van der Waals surface area (Å²) in [5.74, 6) is -2.65. The van der Waals surface area contributed by atoms with Crippen LogP contribution in [0.5, 0.6) is 0 Å². The van der Waals surface area contributed by atoms with Gasteiger partial charge < -0.3 is 29.5 Å². The second-order valence-corrected chi connectivity index (χ2v) is 13.1. The van der Waals surface area contributed by atoms with Crippen LogP contribution in [0.25, 0.3) is 0 Å². The molecule has 2 N–H and O–H groups in total. The number of aliphatic carboxylic acids is 1. The van der Waals surface area contributed by atoms with E-state index < -0.39 is 35.3 Å². The van der Waals surface area contributed by atoms with Gasteiger partial charge in [0.15, 0.2) is 0 Å². The fraction of sp³-hybridized carbons (Fsp3) is 0.432. The average Bonchev–Trinajstić information content (AvgIpc) is 3.08. The van der Waals surface area contributed by atoms with Crippen molar-refractivity contribution in [1.29, 1.82) is 0 Å². The summed E-state index contributed by atoms with van der Waals surface area (Å²) in [6, 6.07) is 19.2. The number of carboxylic acid groups (broad SMARTS) is 1. The van der Waals surface area contributed by atoms with Gasteiger partial charge in [-0.1, -0.05) is 36.4 Å². The summed E-state index contributed by atoms with van der Waals surface area (Å²) in [4.78, 5) is 40.7. The van der Waals surface area contributed by atoms with E-state index >= 15 is 0 Å². The molecule has 2 amide bonds. The zero-order valence-electron chi connectivity index (χ0n) is 26.6. The summed E-state index contributed by atoms with van der Waals surface area (Å²) in [6.45, 7) is 1.53. The Bertz CT molecular complexity index is 1590. The van der Waals surface area contributed by atoms with E-state index in [0.717, 1.165) is 11.1 Å². The van der Waals surface area contributed by atoms with Gasteiger partial charge in [-0.3, -0.25) is 14.4 Å². The lowest BCUT2D eigenvalue weighted by Crippen LogP contribution is -2.55. The number of carboxylic acids is 1. The number of ether oxygens (including phenoxy) is 2. The lowest BCUT2D eigenvalue weighted by Gasteiger charge is -2.48. The molecule has 3 aromatic carbocycles. The normalized spacial score (nSPS) is 21.4. The molecule has 0 aliphatic carbocycles. The second-order valence-electron chi connectivity index (χ2n) is 13.1. The molecule has 3 aromatic rings. The predicted molar refractivity (Wildman–Crippen MR) is 172 cm³/mol. The van der Waals surface area contributed by atoms with Crippen LogP contribution in [-0.4, -0.2) is 71.4 Å². The molecule has 0 saturated carbocycles. The fourth-order valence-corrected chi connectivity index (χ4v) is 6.86. The van der Waals surface area contributed by atoms with Crippen molar-refractivity contribution >= 4 is 23.5 Å². The molecule has 3 fully saturated rings. The number of anilines is 1. The SMILES string of the molecule is O=C(O)C1CCN(C(=O)COC2(CCc3ccc(C4C(CCC(O)c5ccc(F)cc5)C(=O)N4c4ccc(F)cc4)cc3)COC2)CC1. The quantitative estimate of drug-likeness (QED) is 0.241. The number of carbonyl (C=O) groups excluding carboxylic acids is 2. The van der Waals surface area contributed by atoms with Crippen molar-refractivity contribution < 1.29 is 42.9 Å². The van der Waals surface area contributed by atoms with Gasteiger partial charge in [0.25, 0.3) is 0 Å². The third kappa shape index (κ3) is 7.43. The number of β-lactam (4-membered cyclic amide) rings is 1. The van der Waals surface area contributed by atoms with Crippen molar-refractivity contribution in [3.05, 3.63) is 101 Å². The molecule has 9 nitrogen and oxygen atoms in total. The van der Waals surface area contributed by atoms with Gasteiger partial charge in [-0.25, -0.2) is 8.78 Å². The highest BCUT2D eigenvalue weighted by atomic mass is 19.1. The Morgan fingerprint density at radius 2 is 1.56 bits per heavy atom. The standard InChI is InChI=1S/C37H40F2N2O7/c38-28-7-5-25(6-8-28)32(42)14-13-31-34(41(35(31)44)30-11-9-29(39)10-12-30)26-3-1-24(2-4-26)15-18-37(22-47-23-37)48-21-33(43)40-19-16-27(17-20-40)36(45)46/h1-12,27,31-32,34,42H,13-23H2,(H,45,46). The highest BCUT2D eigenvalue weighted by molar-refractivity contribution is 6.03. The summed E-state index contributed by atoms with van der Waals surface area (Å²) in [6.07, 6.45) is 2.11. The number of piperidine rings is 1. The summed E-state index contributed by atoms with van der Waals surface area (Å²) >= 11 is 0. The summed E-state index contributed by atoms with van der Waals surface area (Å²) in [7, 11) is 0. The van der Waals surface area contributed by atoms with Crippen LogP contribution in [0.15, 0.2) is 72.8 Å². The van der Waals surface area contributed by atoms with Crippen molar-refractivity contribution in [3.63, 3.8) is 0 Å². The maximum absolute atomic E-state index is 13.7. The number of amides is 2. The van der Waals surface area contributed by atoms with Crippen molar-refractivity contribution in [2.24, 2.45) is 11.8 Å². The number of rotatable bonds is 13. The van der Waals surface area contributed by atoms with Crippen molar-refractivity contribution in [1.82, 2.24) is 4.90 Å². The third-order valence-corrected chi connectivity index (χ3v) is 9.94. The molecule has 0 spiro atoms. The Balaban J connectivity index is 1.08. The Morgan fingerprint density at radius 3 is 2.15 bits per heavy atom. The van der Waals surface area contributed by atoms with Crippen LogP contribution in [0, 0.1) is 23.5 Å². The van der Waals surface area contributed by atoms with Crippen LogP contribution in [0.3, 0.4) is 0 Å². The number of aliphatic hydroxyl groups is 1. The minimum Gasteiger partial charge on any atom is -0.481 e. The molecule has 3 heterocycles. The third-order valence-electron chi connectivity index (χ3n) is 9.94. The molecule has 3 aliphatic heterocycles. The highest BCUT2D eigenvalue weighted by Gasteiger charge is 2.48. The number of carbonyl (C=O) groups is 3. The van der Waals surface area contributed by atoms with Gasteiger partial charge in [0.2, 0.25) is 11.8 Å². The van der Waals surface area contributed by atoms with Crippen LogP contribution >= 0.6 is 0 Å². The molecular weight excluding hydrogens is 622 g/mol. The van der Waals surface area contributed by atoms with Crippen LogP contribution in [0.1, 0.15) is 60.9 Å². The van der Waals surface area contributed by atoms with Gasteiger partial charge >= 0.3 is 5.97 Å². The monoisotopic (exact) mass is 662 g/mol. The second kappa shape index (κ2) is 14.5. The summed E-state index contributed by atoms with van der Waals surface area (Å²) < 4.78 is 38.6. The summed E-state index contributed by atoms with van der Waals surface area (Å²) in [5.41, 5.74) is 2.58. The Morgan fingerprint density at radius 1 is 0.938 bits per heavy atom. The fourth-order valence-electron chi connectivity index (χ4n) is 6.86. The van der Waals surface area contributed by atoms with Gasteiger partial charge in [-0.2, -0.15) is 0 Å². The maximum atomic E-state index is 13.7. The van der Waals surface area contributed by atoms with E-state index in [9.17, 15) is 33.4 Å². The van der Waals surface area contributed by atoms with Gasteiger partial charge in [0, 0.05) is 18.8 Å². The highest BCUT2D eigenvalue weighted by Crippen LogP contribution is 2.46. The number of aryl methyl sites for hydroxylation is 1. The van der Waals surface area contributed by atoms with Crippen LogP contribution in [-0.2, 0) is 30.3 Å². The largest absolute Gasteiger partial charge is 0.481 e. The Labute approximate surface area is 278 Å². The van der Waals surface area contributed by atoms with E-state index in [2.05, 4.69) is 0 Å². The first-order valence-corrected chi connectivity index (χ1v) is 16.5. The molecule has 11 heteroatoms. The number of nitrogens with zero attached hydrogens (tertiary/aromatic N) is 2. The maximum Gasteiger partial charge on any atom is 0.306 e. The van der Waals surface area contributed by atoms with E-state index in [0.29, 0.717) is 76.1 Å². The first-order chi connectivity index (χ1) is 23.1. The Hall–Kier alpha value is -4.19. The lowest BCUT2D eigenvalue weighted by atomic mass is 9.78. The Kier molecular flexibility index (Phi) is 10.2. The smallest absolute Gasteiger partial charge is 0.306 e. The number of likely N-dealkylation sites (tertiary alicyclic amines) is 1. The molecule has 0 bridgehead atoms. The average molecular weight is 663 g/mol. The van der Waals surface area contributed by atoms with E-state index in [4.69, 9.17) is 9.47 Å². The first-order valence-electron chi connectivity index (χ1n) is 16.5. The molecule has 48 heavy (non-hydrogen) atoms. The molecule has 0 radical (unpaired) electrons. The minimum absolute atomic E-state index is 0.0772. The topological polar surface area (TPSA) is 117 Å². The summed E-state index contributed by atoms with van der Waals surface area (Å²) in [5, 5.41) is 19.9. The first kappa shape index (κ1) is 33.7. The zero-order chi connectivity index (χ0) is 33.8. The number of aliphatic hydroxyl groups excluding tert-OH is 1. The van der Waals surface area contributed by atoms with Gasteiger partial charge in [0.1, 0.15) is 23.8 Å². The van der Waals surface area contributed by atoms with Gasteiger partial charge in [0.05, 0.1) is 37.2 Å².